The van der Waals surface area contributed by atoms with Gasteiger partial charge in [0.15, 0.2) is 0 Å². The van der Waals surface area contributed by atoms with Gasteiger partial charge in [0, 0.05) is 19.6 Å². The summed E-state index contributed by atoms with van der Waals surface area (Å²) in [5.74, 6) is -0.872. The van der Waals surface area contributed by atoms with Crippen LogP contribution < -0.4 is 10.2 Å². The first-order valence-corrected chi connectivity index (χ1v) is 6.58. The summed E-state index contributed by atoms with van der Waals surface area (Å²) < 4.78 is 0. The van der Waals surface area contributed by atoms with Crippen molar-refractivity contribution in [1.29, 1.82) is 0 Å². The van der Waals surface area contributed by atoms with E-state index in [2.05, 4.69) is 17.1 Å². The zero-order valence-corrected chi connectivity index (χ0v) is 10.8. The van der Waals surface area contributed by atoms with E-state index in [1.54, 1.807) is 12.1 Å². The van der Waals surface area contributed by atoms with Gasteiger partial charge in [0.1, 0.15) is 0 Å². The molecule has 0 bridgehead atoms. The fourth-order valence-electron chi connectivity index (χ4n) is 2.32. The van der Waals surface area contributed by atoms with Crippen LogP contribution in [-0.4, -0.2) is 30.7 Å². The van der Waals surface area contributed by atoms with Crippen LogP contribution in [0.4, 0.5) is 11.4 Å². The number of carboxylic acids is 1. The second-order valence-corrected chi connectivity index (χ2v) is 4.66. The van der Waals surface area contributed by atoms with Crippen LogP contribution in [0.25, 0.3) is 0 Å². The molecule has 0 aromatic heterocycles. The highest BCUT2D eigenvalue weighted by Gasteiger charge is 2.17. The largest absolute Gasteiger partial charge is 0.478 e. The second-order valence-electron chi connectivity index (χ2n) is 4.66. The molecule has 0 saturated carbocycles. The summed E-state index contributed by atoms with van der Waals surface area (Å²) in [6, 6.07) is 5.32. The molecule has 1 aromatic carbocycles. The molecular formula is C14H20N2O2. The highest BCUT2D eigenvalue weighted by atomic mass is 16.4. The Hall–Kier alpha value is -1.71. The summed E-state index contributed by atoms with van der Waals surface area (Å²) in [5.41, 5.74) is 2.41. The number of rotatable bonds is 5. The lowest BCUT2D eigenvalue weighted by molar-refractivity contribution is 0.0697. The Morgan fingerprint density at radius 1 is 1.44 bits per heavy atom. The maximum absolute atomic E-state index is 10.9. The van der Waals surface area contributed by atoms with E-state index in [0.717, 1.165) is 31.0 Å². The summed E-state index contributed by atoms with van der Waals surface area (Å²) in [6.45, 7) is 5.12. The molecule has 2 N–H and O–H groups in total. The van der Waals surface area contributed by atoms with Crippen molar-refractivity contribution in [1.82, 2.24) is 0 Å². The van der Waals surface area contributed by atoms with Gasteiger partial charge in [-0.05, 0) is 24.6 Å². The van der Waals surface area contributed by atoms with Gasteiger partial charge in [-0.15, -0.1) is 0 Å². The predicted molar refractivity (Wildman–Crippen MR) is 73.6 cm³/mol. The number of fused-ring (bicyclic) bond motifs is 1. The zero-order valence-electron chi connectivity index (χ0n) is 10.8. The fraction of sp³-hybridized carbons (Fsp3) is 0.500. The molecule has 4 heteroatoms. The van der Waals surface area contributed by atoms with Gasteiger partial charge >= 0.3 is 5.97 Å². The number of aromatic carboxylic acids is 1. The molecule has 0 amide bonds. The van der Waals surface area contributed by atoms with Crippen LogP contribution in [0.5, 0.6) is 0 Å². The molecule has 1 aromatic rings. The van der Waals surface area contributed by atoms with E-state index in [-0.39, 0.29) is 0 Å². The molecule has 1 aliphatic heterocycles. The Balaban J connectivity index is 2.14. The molecule has 2 rings (SSSR count). The topological polar surface area (TPSA) is 52.6 Å². The van der Waals surface area contributed by atoms with Crippen molar-refractivity contribution in [2.45, 2.75) is 26.2 Å². The van der Waals surface area contributed by atoms with Crippen molar-refractivity contribution < 1.29 is 9.90 Å². The van der Waals surface area contributed by atoms with Crippen LogP contribution in [-0.2, 0) is 0 Å². The van der Waals surface area contributed by atoms with Gasteiger partial charge in [0.2, 0.25) is 0 Å². The number of anilines is 2. The fourth-order valence-corrected chi connectivity index (χ4v) is 2.32. The van der Waals surface area contributed by atoms with Crippen molar-refractivity contribution in [3.63, 3.8) is 0 Å². The van der Waals surface area contributed by atoms with Crippen LogP contribution >= 0.6 is 0 Å². The number of unbranched alkanes of at least 4 members (excludes halogenated alkanes) is 2. The van der Waals surface area contributed by atoms with Crippen molar-refractivity contribution >= 4 is 17.3 Å². The lowest BCUT2D eigenvalue weighted by atomic mass is 10.1. The summed E-state index contributed by atoms with van der Waals surface area (Å²) in [6.07, 6.45) is 3.65. The van der Waals surface area contributed by atoms with Gasteiger partial charge < -0.3 is 15.3 Å². The molecule has 0 atom stereocenters. The molecule has 0 unspecified atom stereocenters. The minimum absolute atomic E-state index is 0.344. The van der Waals surface area contributed by atoms with Gasteiger partial charge in [-0.2, -0.15) is 0 Å². The first-order valence-electron chi connectivity index (χ1n) is 6.58. The van der Waals surface area contributed by atoms with Crippen molar-refractivity contribution in [2.75, 3.05) is 29.9 Å². The van der Waals surface area contributed by atoms with E-state index < -0.39 is 5.97 Å². The van der Waals surface area contributed by atoms with E-state index in [4.69, 9.17) is 5.11 Å². The predicted octanol–water partition coefficient (Wildman–Crippen LogP) is 2.81. The number of carbonyl (C=O) groups is 1. The summed E-state index contributed by atoms with van der Waals surface area (Å²) in [4.78, 5) is 13.3. The smallest absolute Gasteiger partial charge is 0.335 e. The highest BCUT2D eigenvalue weighted by molar-refractivity contribution is 5.91. The summed E-state index contributed by atoms with van der Waals surface area (Å²) in [5, 5.41) is 12.3. The number of nitrogens with one attached hydrogen (secondary N) is 1. The van der Waals surface area contributed by atoms with Crippen LogP contribution in [0.2, 0.25) is 0 Å². The summed E-state index contributed by atoms with van der Waals surface area (Å²) >= 11 is 0. The number of carboxylic acid groups (broad SMARTS) is 1. The van der Waals surface area contributed by atoms with Gasteiger partial charge in [0.25, 0.3) is 0 Å². The maximum atomic E-state index is 10.9. The summed E-state index contributed by atoms with van der Waals surface area (Å²) in [7, 11) is 0. The molecule has 0 radical (unpaired) electrons. The van der Waals surface area contributed by atoms with E-state index in [1.807, 2.05) is 6.07 Å². The van der Waals surface area contributed by atoms with E-state index in [9.17, 15) is 4.79 Å². The van der Waals surface area contributed by atoms with Gasteiger partial charge in [-0.3, -0.25) is 0 Å². The monoisotopic (exact) mass is 248 g/mol. The van der Waals surface area contributed by atoms with Crippen molar-refractivity contribution in [2.24, 2.45) is 0 Å². The second kappa shape index (κ2) is 5.76. The molecule has 0 saturated heterocycles. The Kier molecular flexibility index (Phi) is 4.07. The lowest BCUT2D eigenvalue weighted by Crippen LogP contribution is -2.34. The minimum atomic E-state index is -0.872. The van der Waals surface area contributed by atoms with Crippen LogP contribution in [0.15, 0.2) is 18.2 Å². The number of hydrogen-bond donors (Lipinski definition) is 2. The normalized spacial score (nSPS) is 13.9. The molecule has 4 nitrogen and oxygen atoms in total. The Morgan fingerprint density at radius 2 is 2.28 bits per heavy atom. The number of hydrogen-bond acceptors (Lipinski definition) is 3. The lowest BCUT2D eigenvalue weighted by Gasteiger charge is -2.32. The maximum Gasteiger partial charge on any atom is 0.335 e. The third-order valence-corrected chi connectivity index (χ3v) is 3.31. The van der Waals surface area contributed by atoms with E-state index >= 15 is 0 Å². The zero-order chi connectivity index (χ0) is 13.0. The molecule has 98 valence electrons. The average Bonchev–Trinajstić information content (AvgIpc) is 2.38. The van der Waals surface area contributed by atoms with Gasteiger partial charge in [-0.25, -0.2) is 4.79 Å². The average molecular weight is 248 g/mol. The SMILES string of the molecule is CCCCCN1CCNc2cc(C(=O)O)ccc21. The first-order chi connectivity index (χ1) is 8.72. The third kappa shape index (κ3) is 2.75. The van der Waals surface area contributed by atoms with Crippen molar-refractivity contribution in [3.05, 3.63) is 23.8 Å². The van der Waals surface area contributed by atoms with Crippen molar-refractivity contribution in [3.8, 4) is 0 Å². The van der Waals surface area contributed by atoms with Gasteiger partial charge in [0.05, 0.1) is 16.9 Å². The van der Waals surface area contributed by atoms with E-state index in [0.29, 0.717) is 5.56 Å². The third-order valence-electron chi connectivity index (χ3n) is 3.31. The van der Waals surface area contributed by atoms with Gasteiger partial charge in [-0.1, -0.05) is 19.8 Å². The van der Waals surface area contributed by atoms with Crippen LogP contribution in [0, 0.1) is 0 Å². The molecule has 0 aliphatic carbocycles. The number of benzene rings is 1. The standard InChI is InChI=1S/C14H20N2O2/c1-2-3-4-8-16-9-7-15-12-10-11(14(17)18)5-6-13(12)16/h5-6,10,15H,2-4,7-9H2,1H3,(H,17,18). The molecule has 0 spiro atoms. The molecular weight excluding hydrogens is 228 g/mol. The number of nitrogens with zero attached hydrogens (tertiary/aromatic N) is 1. The highest BCUT2D eigenvalue weighted by Crippen LogP contribution is 2.30. The quantitative estimate of drug-likeness (QED) is 0.787. The molecule has 18 heavy (non-hydrogen) atoms. The van der Waals surface area contributed by atoms with Crippen LogP contribution in [0.1, 0.15) is 36.5 Å². The molecule has 1 heterocycles. The molecule has 0 fully saturated rings. The van der Waals surface area contributed by atoms with Crippen LogP contribution in [0.3, 0.4) is 0 Å². The molecule has 1 aliphatic rings. The first kappa shape index (κ1) is 12.7. The Morgan fingerprint density at radius 3 is 3.00 bits per heavy atom. The van der Waals surface area contributed by atoms with E-state index in [1.165, 1.54) is 19.3 Å². The Bertz CT molecular complexity index is 432. The minimum Gasteiger partial charge on any atom is -0.478 e. The Labute approximate surface area is 108 Å².